The number of amides is 3. The number of benzene rings is 3. The van der Waals surface area contributed by atoms with Crippen molar-refractivity contribution in [2.75, 3.05) is 44.2 Å². The summed E-state index contributed by atoms with van der Waals surface area (Å²) in [5.74, 6) is 0.679. The third-order valence-electron chi connectivity index (χ3n) is 7.80. The topological polar surface area (TPSA) is 113 Å². The summed E-state index contributed by atoms with van der Waals surface area (Å²) < 4.78 is 56.3. The Morgan fingerprint density at radius 3 is 2.53 bits per heavy atom. The number of hydrogen-bond acceptors (Lipinski definition) is 7. The average molecular weight is 629 g/mol. The second kappa shape index (κ2) is 13.2. The largest absolute Gasteiger partial charge is 0.486 e. The number of likely N-dealkylation sites (N-methyl/N-ethyl adjacent to an activating group) is 1. The van der Waals surface area contributed by atoms with Crippen LogP contribution in [0.25, 0.3) is 0 Å². The van der Waals surface area contributed by atoms with Crippen LogP contribution in [0.4, 0.5) is 29.3 Å². The smallest absolute Gasteiger partial charge is 0.416 e. The molecule has 0 unspecified atom stereocenters. The Bertz CT molecular complexity index is 1530. The number of aliphatic hydroxyl groups excluding tert-OH is 1. The van der Waals surface area contributed by atoms with Crippen molar-refractivity contribution < 1.29 is 42.1 Å². The number of fused-ring (bicyclic) bond motifs is 2. The number of aliphatic hydroxyl groups is 1. The van der Waals surface area contributed by atoms with Crippen LogP contribution in [-0.2, 0) is 12.7 Å². The van der Waals surface area contributed by atoms with Crippen molar-refractivity contribution >= 4 is 23.3 Å². The summed E-state index contributed by atoms with van der Waals surface area (Å²) in [5, 5.41) is 15.5. The number of halogens is 3. The molecular weight excluding hydrogens is 593 g/mol. The van der Waals surface area contributed by atoms with E-state index in [9.17, 15) is 27.9 Å². The molecule has 13 heteroatoms. The van der Waals surface area contributed by atoms with Gasteiger partial charge in [0.1, 0.15) is 6.10 Å². The minimum Gasteiger partial charge on any atom is -0.486 e. The van der Waals surface area contributed by atoms with E-state index in [1.807, 2.05) is 18.9 Å². The molecule has 3 atom stereocenters. The molecule has 2 aliphatic heterocycles. The Kier molecular flexibility index (Phi) is 9.40. The summed E-state index contributed by atoms with van der Waals surface area (Å²) in [6, 6.07) is 13.8. The van der Waals surface area contributed by atoms with Gasteiger partial charge >= 0.3 is 12.2 Å². The Balaban J connectivity index is 1.38. The highest BCUT2D eigenvalue weighted by atomic mass is 19.4. The van der Waals surface area contributed by atoms with Crippen molar-refractivity contribution in [1.82, 2.24) is 9.80 Å². The van der Waals surface area contributed by atoms with E-state index in [-0.39, 0.29) is 42.2 Å². The van der Waals surface area contributed by atoms with E-state index < -0.39 is 29.9 Å². The van der Waals surface area contributed by atoms with Crippen LogP contribution < -0.4 is 24.8 Å². The molecule has 0 aliphatic carbocycles. The Hall–Kier alpha value is -4.49. The first-order valence-corrected chi connectivity index (χ1v) is 14.5. The second-order valence-corrected chi connectivity index (χ2v) is 11.3. The molecule has 240 valence electrons. The molecular formula is C32H35F3N4O6. The molecule has 0 fully saturated rings. The van der Waals surface area contributed by atoms with Gasteiger partial charge < -0.3 is 34.9 Å². The highest BCUT2D eigenvalue weighted by molar-refractivity contribution is 6.04. The van der Waals surface area contributed by atoms with Gasteiger partial charge in [0.15, 0.2) is 17.2 Å². The zero-order valence-corrected chi connectivity index (χ0v) is 25.1. The van der Waals surface area contributed by atoms with Gasteiger partial charge in [0.2, 0.25) is 6.79 Å². The minimum absolute atomic E-state index is 0.0948. The van der Waals surface area contributed by atoms with Crippen LogP contribution in [0.15, 0.2) is 60.7 Å². The van der Waals surface area contributed by atoms with Gasteiger partial charge in [-0.05, 0) is 55.9 Å². The number of hydrogen-bond donors (Lipinski definition) is 3. The van der Waals surface area contributed by atoms with E-state index in [4.69, 9.17) is 14.2 Å². The first kappa shape index (κ1) is 31.9. The summed E-state index contributed by atoms with van der Waals surface area (Å²) in [6.45, 7) is 4.52. The van der Waals surface area contributed by atoms with Gasteiger partial charge in [-0.2, -0.15) is 13.2 Å². The van der Waals surface area contributed by atoms with Crippen LogP contribution in [0.5, 0.6) is 17.2 Å². The van der Waals surface area contributed by atoms with E-state index in [1.54, 1.807) is 48.2 Å². The van der Waals surface area contributed by atoms with Crippen LogP contribution in [-0.4, -0.2) is 72.5 Å². The number of carbonyl (C=O) groups excluding carboxylic acids is 2. The van der Waals surface area contributed by atoms with Gasteiger partial charge in [-0.3, -0.25) is 9.69 Å². The molecule has 2 aliphatic rings. The first-order valence-electron chi connectivity index (χ1n) is 14.5. The summed E-state index contributed by atoms with van der Waals surface area (Å²) in [4.78, 5) is 30.3. The van der Waals surface area contributed by atoms with Crippen molar-refractivity contribution in [3.63, 3.8) is 0 Å². The maximum Gasteiger partial charge on any atom is 0.416 e. The van der Waals surface area contributed by atoms with Crippen molar-refractivity contribution in [1.29, 1.82) is 0 Å². The lowest BCUT2D eigenvalue weighted by Crippen LogP contribution is -2.49. The predicted octanol–water partition coefficient (Wildman–Crippen LogP) is 5.43. The molecule has 45 heavy (non-hydrogen) atoms. The van der Waals surface area contributed by atoms with E-state index in [2.05, 4.69) is 10.6 Å². The number of carbonyl (C=O) groups is 2. The minimum atomic E-state index is -4.41. The predicted molar refractivity (Wildman–Crippen MR) is 161 cm³/mol. The van der Waals surface area contributed by atoms with Crippen LogP contribution >= 0.6 is 0 Å². The number of urea groups is 1. The number of anilines is 2. The summed E-state index contributed by atoms with van der Waals surface area (Å²) in [6.07, 6.45) is -4.91. The van der Waals surface area contributed by atoms with Crippen LogP contribution in [0, 0.1) is 5.92 Å². The zero-order valence-electron chi connectivity index (χ0n) is 25.1. The van der Waals surface area contributed by atoms with Crippen molar-refractivity contribution in [2.45, 2.75) is 38.7 Å². The second-order valence-electron chi connectivity index (χ2n) is 11.3. The standard InChI is InChI=1S/C32H35F3N4O6/c1-19-14-39(20(2)17-40)30(41)24-5-4-6-25(37-31(42)36-23-11-12-26-27(13-23)44-18-43-26)29(24)45-28(19)16-38(3)15-21-7-9-22(10-8-21)32(33,34)35/h4-13,19-20,28,40H,14-18H2,1-3H3,(H2,36,37,42)/t19-,20-,28+/m1/s1. The number of nitrogens with zero attached hydrogens (tertiary/aromatic N) is 2. The van der Waals surface area contributed by atoms with Gasteiger partial charge in [-0.25, -0.2) is 4.79 Å². The lowest BCUT2D eigenvalue weighted by molar-refractivity contribution is -0.137. The van der Waals surface area contributed by atoms with E-state index in [0.717, 1.165) is 12.1 Å². The SMILES string of the molecule is C[C@@H]1CN([C@H](C)CO)C(=O)c2cccc(NC(=O)Nc3ccc4c(c3)OCO4)c2O[C@H]1CN(C)Cc1ccc(C(F)(F)F)cc1. The summed E-state index contributed by atoms with van der Waals surface area (Å²) in [7, 11) is 1.83. The van der Waals surface area contributed by atoms with Gasteiger partial charge in [0, 0.05) is 37.3 Å². The molecule has 10 nitrogen and oxygen atoms in total. The van der Waals surface area contributed by atoms with Crippen molar-refractivity contribution in [3.8, 4) is 17.2 Å². The lowest BCUT2D eigenvalue weighted by Gasteiger charge is -2.38. The molecule has 3 aromatic carbocycles. The quantitative estimate of drug-likeness (QED) is 0.305. The monoisotopic (exact) mass is 628 g/mol. The average Bonchev–Trinajstić information content (AvgIpc) is 3.46. The highest BCUT2D eigenvalue weighted by Gasteiger charge is 2.35. The third-order valence-corrected chi connectivity index (χ3v) is 7.80. The normalized spacial score (nSPS) is 18.5. The van der Waals surface area contributed by atoms with Crippen LogP contribution in [0.3, 0.4) is 0 Å². The van der Waals surface area contributed by atoms with E-state index in [1.165, 1.54) is 12.1 Å². The van der Waals surface area contributed by atoms with Crippen molar-refractivity contribution in [2.24, 2.45) is 5.92 Å². The van der Waals surface area contributed by atoms with Crippen LogP contribution in [0.1, 0.15) is 35.3 Å². The maximum atomic E-state index is 13.7. The maximum absolute atomic E-state index is 13.7. The first-order chi connectivity index (χ1) is 21.4. The number of alkyl halides is 3. The van der Waals surface area contributed by atoms with Gasteiger partial charge in [0.25, 0.3) is 5.91 Å². The Labute approximate surface area is 258 Å². The molecule has 0 aromatic heterocycles. The fourth-order valence-electron chi connectivity index (χ4n) is 5.30. The summed E-state index contributed by atoms with van der Waals surface area (Å²) >= 11 is 0. The third kappa shape index (κ3) is 7.43. The highest BCUT2D eigenvalue weighted by Crippen LogP contribution is 2.37. The van der Waals surface area contributed by atoms with Crippen LogP contribution in [0.2, 0.25) is 0 Å². The van der Waals surface area contributed by atoms with Gasteiger partial charge in [0.05, 0.1) is 29.5 Å². The molecule has 2 heterocycles. The molecule has 0 saturated heterocycles. The Morgan fingerprint density at radius 2 is 1.82 bits per heavy atom. The molecule has 0 radical (unpaired) electrons. The number of rotatable bonds is 8. The fourth-order valence-corrected chi connectivity index (χ4v) is 5.30. The molecule has 0 bridgehead atoms. The molecule has 3 aromatic rings. The lowest BCUT2D eigenvalue weighted by atomic mass is 9.98. The number of para-hydroxylation sites is 1. The molecule has 5 rings (SSSR count). The van der Waals surface area contributed by atoms with E-state index in [0.29, 0.717) is 42.4 Å². The molecule has 0 saturated carbocycles. The van der Waals surface area contributed by atoms with E-state index >= 15 is 0 Å². The zero-order chi connectivity index (χ0) is 32.3. The van der Waals surface area contributed by atoms with Gasteiger partial charge in [-0.1, -0.05) is 25.1 Å². The number of ether oxygens (including phenoxy) is 3. The summed E-state index contributed by atoms with van der Waals surface area (Å²) in [5.41, 5.74) is 0.927. The molecule has 3 amide bonds. The fraction of sp³-hybridized carbons (Fsp3) is 0.375. The molecule has 0 spiro atoms. The molecule has 3 N–H and O–H groups in total. The van der Waals surface area contributed by atoms with Crippen molar-refractivity contribution in [3.05, 3.63) is 77.4 Å². The Morgan fingerprint density at radius 1 is 1.09 bits per heavy atom. The number of nitrogens with one attached hydrogen (secondary N) is 2. The van der Waals surface area contributed by atoms with Gasteiger partial charge in [-0.15, -0.1) is 0 Å².